The summed E-state index contributed by atoms with van der Waals surface area (Å²) in [5.41, 5.74) is -0.250. The van der Waals surface area contributed by atoms with Crippen molar-refractivity contribution in [2.24, 2.45) is 5.41 Å². The van der Waals surface area contributed by atoms with Gasteiger partial charge in [0.25, 0.3) is 5.79 Å². The lowest BCUT2D eigenvalue weighted by atomic mass is 9.85. The zero-order valence-electron chi connectivity index (χ0n) is 14.8. The molecule has 1 heterocycles. The van der Waals surface area contributed by atoms with Crippen LogP contribution < -0.4 is 4.74 Å². The van der Waals surface area contributed by atoms with E-state index in [9.17, 15) is 14.7 Å². The molecule has 0 aliphatic carbocycles. The fourth-order valence-electron chi connectivity index (χ4n) is 2.10. The van der Waals surface area contributed by atoms with Gasteiger partial charge in [-0.3, -0.25) is 0 Å². The van der Waals surface area contributed by atoms with Crippen LogP contribution >= 0.6 is 22.6 Å². The minimum atomic E-state index is -1.33. The van der Waals surface area contributed by atoms with E-state index in [4.69, 9.17) is 14.2 Å². The van der Waals surface area contributed by atoms with Crippen molar-refractivity contribution in [3.8, 4) is 11.5 Å². The Balaban J connectivity index is 2.40. The number of hydrogen-bond donors (Lipinski definition) is 1. The first-order chi connectivity index (χ1) is 11.5. The minimum absolute atomic E-state index is 0.0127. The number of phenolic OH excluding ortho intramolecular Hbond substituents is 1. The molecule has 0 atom stereocenters. The first-order valence-corrected chi connectivity index (χ1v) is 8.90. The number of cyclic esters (lactones) is 2. The topological polar surface area (TPSA) is 82.1 Å². The summed E-state index contributed by atoms with van der Waals surface area (Å²) < 4.78 is 16.7. The van der Waals surface area contributed by atoms with Gasteiger partial charge < -0.3 is 19.3 Å². The van der Waals surface area contributed by atoms with Crippen LogP contribution in [-0.4, -0.2) is 29.4 Å². The maximum absolute atomic E-state index is 12.4. The first kappa shape index (κ1) is 19.6. The predicted octanol–water partition coefficient (Wildman–Crippen LogP) is 3.64. The van der Waals surface area contributed by atoms with Gasteiger partial charge in [0.05, 0.1) is 10.2 Å². The molecule has 2 rings (SSSR count). The molecule has 6 nitrogen and oxygen atoms in total. The number of hydrogen-bond acceptors (Lipinski definition) is 6. The van der Waals surface area contributed by atoms with Crippen LogP contribution in [0.15, 0.2) is 17.7 Å². The van der Waals surface area contributed by atoms with Gasteiger partial charge in [-0.15, -0.1) is 0 Å². The lowest BCUT2D eigenvalue weighted by Gasteiger charge is -2.42. The number of phenols is 1. The van der Waals surface area contributed by atoms with Gasteiger partial charge in [0.1, 0.15) is 5.57 Å². The highest BCUT2D eigenvalue weighted by Crippen LogP contribution is 2.39. The van der Waals surface area contributed by atoms with Gasteiger partial charge in [-0.25, -0.2) is 9.59 Å². The number of benzene rings is 1. The fourth-order valence-corrected chi connectivity index (χ4v) is 2.73. The van der Waals surface area contributed by atoms with Crippen molar-refractivity contribution in [2.45, 2.75) is 40.4 Å². The summed E-state index contributed by atoms with van der Waals surface area (Å²) in [7, 11) is 0. The van der Waals surface area contributed by atoms with Gasteiger partial charge in [-0.2, -0.15) is 0 Å². The van der Waals surface area contributed by atoms with Crippen LogP contribution in [0.3, 0.4) is 0 Å². The molecule has 0 spiro atoms. The van der Waals surface area contributed by atoms with Crippen LogP contribution in [-0.2, 0) is 19.1 Å². The van der Waals surface area contributed by atoms with Crippen molar-refractivity contribution in [1.29, 1.82) is 0 Å². The fraction of sp³-hybridized carbons (Fsp3) is 0.444. The second-order valence-electron chi connectivity index (χ2n) is 6.82. The Hall–Kier alpha value is -1.77. The van der Waals surface area contributed by atoms with Crippen molar-refractivity contribution in [1.82, 2.24) is 0 Å². The average molecular weight is 460 g/mol. The highest BCUT2D eigenvalue weighted by atomic mass is 127. The number of aromatic hydroxyl groups is 1. The summed E-state index contributed by atoms with van der Waals surface area (Å²) >= 11 is 1.94. The van der Waals surface area contributed by atoms with Gasteiger partial charge in [0.2, 0.25) is 0 Å². The normalized spacial score (nSPS) is 20.8. The molecule has 1 aromatic rings. The van der Waals surface area contributed by atoms with E-state index in [1.165, 1.54) is 6.08 Å². The van der Waals surface area contributed by atoms with Crippen molar-refractivity contribution >= 4 is 40.6 Å². The molecule has 0 bridgehead atoms. The number of ether oxygens (including phenoxy) is 3. The maximum Gasteiger partial charge on any atom is 0.348 e. The van der Waals surface area contributed by atoms with Crippen molar-refractivity contribution in [3.63, 3.8) is 0 Å². The number of carbonyl (C=O) groups is 2. The van der Waals surface area contributed by atoms with Gasteiger partial charge in [-0.1, -0.05) is 20.8 Å². The molecule has 0 radical (unpaired) electrons. The zero-order valence-corrected chi connectivity index (χ0v) is 17.0. The summed E-state index contributed by atoms with van der Waals surface area (Å²) in [6, 6.07) is 3.18. The van der Waals surface area contributed by atoms with E-state index < -0.39 is 23.1 Å². The monoisotopic (exact) mass is 460 g/mol. The SMILES string of the molecule is CCOc1cc(C=C2C(=O)OC(C)(C(C)(C)C)OC2=O)cc(I)c1O. The molecule has 0 saturated carbocycles. The van der Waals surface area contributed by atoms with Crippen molar-refractivity contribution in [2.75, 3.05) is 6.61 Å². The molecule has 7 heteroatoms. The summed E-state index contributed by atoms with van der Waals surface area (Å²) in [6.07, 6.45) is 1.37. The summed E-state index contributed by atoms with van der Waals surface area (Å²) in [6.45, 7) is 9.19. The molecule has 1 saturated heterocycles. The van der Waals surface area contributed by atoms with Crippen LogP contribution in [0, 0.1) is 8.99 Å². The predicted molar refractivity (Wildman–Crippen MR) is 100 cm³/mol. The quantitative estimate of drug-likeness (QED) is 0.321. The number of halogens is 1. The van der Waals surface area contributed by atoms with E-state index in [0.29, 0.717) is 15.7 Å². The molecule has 1 fully saturated rings. The second-order valence-corrected chi connectivity index (χ2v) is 7.98. The number of carbonyl (C=O) groups excluding carboxylic acids is 2. The molecule has 1 aliphatic heterocycles. The molecule has 136 valence electrons. The maximum atomic E-state index is 12.4. The Morgan fingerprint density at radius 3 is 2.28 bits per heavy atom. The third kappa shape index (κ3) is 3.91. The van der Waals surface area contributed by atoms with Crippen LogP contribution in [0.5, 0.6) is 11.5 Å². The molecule has 0 aromatic heterocycles. The van der Waals surface area contributed by atoms with E-state index in [0.717, 1.165) is 0 Å². The summed E-state index contributed by atoms with van der Waals surface area (Å²) in [5, 5.41) is 9.98. The van der Waals surface area contributed by atoms with Crippen LogP contribution in [0.25, 0.3) is 6.08 Å². The van der Waals surface area contributed by atoms with E-state index in [-0.39, 0.29) is 17.1 Å². The Morgan fingerprint density at radius 1 is 1.24 bits per heavy atom. The molecule has 1 aliphatic rings. The molecular weight excluding hydrogens is 439 g/mol. The van der Waals surface area contributed by atoms with E-state index in [1.807, 2.05) is 43.4 Å². The van der Waals surface area contributed by atoms with Crippen molar-refractivity contribution < 1.29 is 28.9 Å². The molecule has 1 aromatic carbocycles. The highest BCUT2D eigenvalue weighted by Gasteiger charge is 2.50. The largest absolute Gasteiger partial charge is 0.504 e. The molecular formula is C18H21IO6. The lowest BCUT2D eigenvalue weighted by Crippen LogP contribution is -2.52. The Morgan fingerprint density at radius 2 is 1.80 bits per heavy atom. The van der Waals surface area contributed by atoms with E-state index in [1.54, 1.807) is 26.0 Å². The van der Waals surface area contributed by atoms with E-state index >= 15 is 0 Å². The van der Waals surface area contributed by atoms with Gasteiger partial charge in [0.15, 0.2) is 11.5 Å². The first-order valence-electron chi connectivity index (χ1n) is 7.82. The molecule has 0 unspecified atom stereocenters. The van der Waals surface area contributed by atoms with Crippen LogP contribution in [0.1, 0.15) is 40.2 Å². The Bertz CT molecular complexity index is 725. The van der Waals surface area contributed by atoms with Crippen molar-refractivity contribution in [3.05, 3.63) is 26.8 Å². The highest BCUT2D eigenvalue weighted by molar-refractivity contribution is 14.1. The van der Waals surface area contributed by atoms with Gasteiger partial charge in [0, 0.05) is 12.3 Å². The van der Waals surface area contributed by atoms with Crippen LogP contribution in [0.2, 0.25) is 0 Å². The summed E-state index contributed by atoms with van der Waals surface area (Å²) in [4.78, 5) is 24.7. The van der Waals surface area contributed by atoms with Gasteiger partial charge in [-0.05, 0) is 53.3 Å². The zero-order chi connectivity index (χ0) is 19.0. The third-order valence-corrected chi connectivity index (χ3v) is 4.86. The molecule has 25 heavy (non-hydrogen) atoms. The third-order valence-electron chi connectivity index (χ3n) is 4.04. The molecule has 1 N–H and O–H groups in total. The van der Waals surface area contributed by atoms with E-state index in [2.05, 4.69) is 0 Å². The average Bonchev–Trinajstić information content (AvgIpc) is 2.47. The smallest absolute Gasteiger partial charge is 0.348 e. The summed E-state index contributed by atoms with van der Waals surface area (Å²) in [5.74, 6) is -2.53. The second kappa shape index (κ2) is 6.86. The minimum Gasteiger partial charge on any atom is -0.504 e. The van der Waals surface area contributed by atoms with Gasteiger partial charge >= 0.3 is 11.9 Å². The number of rotatable bonds is 3. The Kier molecular flexibility index (Phi) is 5.36. The lowest BCUT2D eigenvalue weighted by molar-refractivity contribution is -0.261. The Labute approximate surface area is 160 Å². The van der Waals surface area contributed by atoms with Crippen LogP contribution in [0.4, 0.5) is 0 Å². The number of esters is 2. The molecule has 0 amide bonds. The standard InChI is InChI=1S/C18H21IO6/c1-6-23-13-9-10(8-12(19)14(13)20)7-11-15(21)24-18(5,17(2,3)4)25-16(11)22/h7-9,20H,6H2,1-5H3.